The number of carbonyl (C=O) groups is 3. The molecule has 2 saturated heterocycles. The van der Waals surface area contributed by atoms with Crippen LogP contribution in [0.2, 0.25) is 0 Å². The predicted octanol–water partition coefficient (Wildman–Crippen LogP) is 2.49. The number of carbonyl (C=O) groups excluding carboxylic acids is 2. The Morgan fingerprint density at radius 1 is 0.714 bits per heavy atom. The number of esters is 2. The summed E-state index contributed by atoms with van der Waals surface area (Å²) in [7, 11) is 0. The number of ether oxygens (including phenoxy) is 2. The zero-order chi connectivity index (χ0) is 27.2. The Morgan fingerprint density at radius 3 is 1.20 bits per heavy atom. The minimum atomic E-state index is -2.69. The normalized spacial score (nSPS) is 25.1. The van der Waals surface area contributed by atoms with Gasteiger partial charge in [-0.1, -0.05) is 0 Å². The largest absolute Gasteiger partial charge is 0.479 e. The van der Waals surface area contributed by atoms with Crippen molar-refractivity contribution in [3.63, 3.8) is 0 Å². The van der Waals surface area contributed by atoms with E-state index in [1.54, 1.807) is 55.4 Å². The summed E-state index contributed by atoms with van der Waals surface area (Å²) in [6.07, 6.45) is -1.83. The first-order valence-corrected chi connectivity index (χ1v) is 11.9. The maximum absolute atomic E-state index is 12.6. The minimum Gasteiger partial charge on any atom is -0.479 e. The van der Waals surface area contributed by atoms with Crippen LogP contribution in [0.1, 0.15) is 93.9 Å². The van der Waals surface area contributed by atoms with Crippen molar-refractivity contribution >= 4 is 17.9 Å². The van der Waals surface area contributed by atoms with Gasteiger partial charge in [-0.25, -0.2) is 4.79 Å². The first-order chi connectivity index (χ1) is 15.6. The van der Waals surface area contributed by atoms with Crippen LogP contribution >= 0.6 is 0 Å². The Bertz CT molecular complexity index is 743. The number of rotatable bonds is 7. The van der Waals surface area contributed by atoms with E-state index in [1.165, 1.54) is 10.1 Å². The van der Waals surface area contributed by atoms with E-state index in [-0.39, 0.29) is 0 Å². The molecule has 11 heteroatoms. The van der Waals surface area contributed by atoms with Gasteiger partial charge in [0.05, 0.1) is 12.8 Å². The van der Waals surface area contributed by atoms with Crippen LogP contribution in [0.5, 0.6) is 0 Å². The summed E-state index contributed by atoms with van der Waals surface area (Å²) in [5.41, 5.74) is -5.45. The predicted molar refractivity (Wildman–Crippen MR) is 124 cm³/mol. The molecule has 4 N–H and O–H groups in total. The van der Waals surface area contributed by atoms with Gasteiger partial charge in [0.1, 0.15) is 12.2 Å². The van der Waals surface area contributed by atoms with Gasteiger partial charge in [-0.05, 0) is 55.4 Å². The highest BCUT2D eigenvalue weighted by Gasteiger charge is 2.49. The lowest BCUT2D eigenvalue weighted by atomic mass is 9.80. The molecule has 11 nitrogen and oxygen atoms in total. The molecule has 0 aliphatic carbocycles. The Hall–Kier alpha value is -1.79. The molecule has 0 radical (unpaired) electrons. The zero-order valence-electron chi connectivity index (χ0n) is 22.1. The highest BCUT2D eigenvalue weighted by atomic mass is 16.6. The molecule has 35 heavy (non-hydrogen) atoms. The monoisotopic (exact) mass is 502 g/mol. The fraction of sp³-hybridized carbons (Fsp3) is 0.875. The highest BCUT2D eigenvalue weighted by molar-refractivity contribution is 5.89. The van der Waals surface area contributed by atoms with Crippen molar-refractivity contribution < 1.29 is 44.5 Å². The van der Waals surface area contributed by atoms with Gasteiger partial charge < -0.3 is 30.1 Å². The summed E-state index contributed by atoms with van der Waals surface area (Å²) < 4.78 is 10.9. The van der Waals surface area contributed by atoms with E-state index in [9.17, 15) is 35.0 Å². The number of hydroxylamine groups is 4. The Morgan fingerprint density at radius 2 is 0.971 bits per heavy atom. The van der Waals surface area contributed by atoms with E-state index in [4.69, 9.17) is 9.47 Å². The van der Waals surface area contributed by atoms with Gasteiger partial charge in [-0.3, -0.25) is 9.59 Å². The second-order valence-corrected chi connectivity index (χ2v) is 12.6. The van der Waals surface area contributed by atoms with Crippen LogP contribution in [-0.2, 0) is 23.9 Å². The minimum absolute atomic E-state index is 0.307. The number of hydrogen-bond donors (Lipinski definition) is 4. The van der Waals surface area contributed by atoms with E-state index < -0.39 is 70.7 Å². The first kappa shape index (κ1) is 29.4. The molecule has 0 unspecified atom stereocenters. The molecule has 0 aromatic heterocycles. The average molecular weight is 503 g/mol. The van der Waals surface area contributed by atoms with Gasteiger partial charge in [-0.15, -0.1) is 0 Å². The summed E-state index contributed by atoms with van der Waals surface area (Å²) in [6.45, 7) is 14.4. The fourth-order valence-electron chi connectivity index (χ4n) is 5.67. The fourth-order valence-corrected chi connectivity index (χ4v) is 5.67. The molecule has 0 bridgehead atoms. The number of carboxylic acid groups (broad SMARTS) is 1. The van der Waals surface area contributed by atoms with Crippen LogP contribution in [-0.4, -0.2) is 88.6 Å². The molecule has 2 fully saturated rings. The third kappa shape index (κ3) is 6.71. The number of hydrogen-bond acceptors (Lipinski definition) is 10. The molecule has 2 rings (SSSR count). The number of aliphatic carboxylic acids is 1. The Kier molecular flexibility index (Phi) is 8.06. The molecule has 202 valence electrons. The van der Waals surface area contributed by atoms with E-state index in [1.807, 2.05) is 0 Å². The standard InChI is InChI=1S/C24H42N2O9/c1-20(2)9-15(10-21(3,4)25(20)32)34-17(27)13-24(31,19(29)30)14-18(28)35-16-11-22(5,6)26(33)23(7,8)12-16/h15-16,31-33H,9-14H2,1-8H3,(H,29,30). The summed E-state index contributed by atoms with van der Waals surface area (Å²) in [5, 5.41) is 43.5. The molecule has 0 saturated carbocycles. The zero-order valence-corrected chi connectivity index (χ0v) is 22.1. The van der Waals surface area contributed by atoms with Crippen LogP contribution in [0.25, 0.3) is 0 Å². The van der Waals surface area contributed by atoms with Crippen LogP contribution in [0, 0.1) is 0 Å². The Labute approximate surface area is 206 Å². The van der Waals surface area contributed by atoms with Gasteiger partial charge >= 0.3 is 17.9 Å². The van der Waals surface area contributed by atoms with Crippen LogP contribution in [0.3, 0.4) is 0 Å². The van der Waals surface area contributed by atoms with Crippen molar-refractivity contribution in [1.82, 2.24) is 10.1 Å². The summed E-state index contributed by atoms with van der Waals surface area (Å²) in [6, 6.07) is 0. The third-order valence-electron chi connectivity index (χ3n) is 7.07. The molecule has 0 amide bonds. The van der Waals surface area contributed by atoms with E-state index in [0.29, 0.717) is 25.7 Å². The molecule has 0 aromatic carbocycles. The average Bonchev–Trinajstić information content (AvgIpc) is 2.62. The van der Waals surface area contributed by atoms with Crippen LogP contribution in [0.4, 0.5) is 0 Å². The van der Waals surface area contributed by atoms with Crippen molar-refractivity contribution in [2.24, 2.45) is 0 Å². The van der Waals surface area contributed by atoms with Crippen molar-refractivity contribution in [2.45, 2.75) is 134 Å². The van der Waals surface area contributed by atoms with E-state index >= 15 is 0 Å². The molecule has 2 aliphatic heterocycles. The lowest BCUT2D eigenvalue weighted by Gasteiger charge is -2.51. The second kappa shape index (κ2) is 9.59. The smallest absolute Gasteiger partial charge is 0.336 e. The van der Waals surface area contributed by atoms with Gasteiger partial charge in [0.2, 0.25) is 0 Å². The third-order valence-corrected chi connectivity index (χ3v) is 7.07. The van der Waals surface area contributed by atoms with Crippen molar-refractivity contribution in [3.8, 4) is 0 Å². The number of aliphatic hydroxyl groups is 1. The van der Waals surface area contributed by atoms with E-state index in [0.717, 1.165) is 0 Å². The molecule has 0 spiro atoms. The molecule has 0 atom stereocenters. The summed E-state index contributed by atoms with van der Waals surface area (Å²) in [4.78, 5) is 37.0. The van der Waals surface area contributed by atoms with Crippen molar-refractivity contribution in [3.05, 3.63) is 0 Å². The van der Waals surface area contributed by atoms with Gasteiger partial charge in [-0.2, -0.15) is 10.1 Å². The van der Waals surface area contributed by atoms with E-state index in [2.05, 4.69) is 0 Å². The number of piperidine rings is 2. The summed E-state index contributed by atoms with van der Waals surface area (Å²) in [5.74, 6) is -3.65. The SMILES string of the molecule is CC1(C)CC(OC(=O)CC(O)(CC(=O)OC2CC(C)(C)N(O)C(C)(C)C2)C(=O)O)CC(C)(C)N1O. The number of nitrogens with zero attached hydrogens (tertiary/aromatic N) is 2. The Balaban J connectivity index is 2.04. The number of carboxylic acids is 1. The maximum atomic E-state index is 12.6. The molecular weight excluding hydrogens is 460 g/mol. The first-order valence-electron chi connectivity index (χ1n) is 11.9. The van der Waals surface area contributed by atoms with Gasteiger partial charge in [0, 0.05) is 47.8 Å². The highest BCUT2D eigenvalue weighted by Crippen LogP contribution is 2.39. The summed E-state index contributed by atoms with van der Waals surface area (Å²) >= 11 is 0. The molecular formula is C24H42N2O9. The topological polar surface area (TPSA) is 157 Å². The molecule has 2 heterocycles. The van der Waals surface area contributed by atoms with Crippen molar-refractivity contribution in [2.75, 3.05) is 0 Å². The van der Waals surface area contributed by atoms with Crippen LogP contribution in [0.15, 0.2) is 0 Å². The van der Waals surface area contributed by atoms with Crippen LogP contribution < -0.4 is 0 Å². The maximum Gasteiger partial charge on any atom is 0.336 e. The molecule has 0 aromatic rings. The lowest BCUT2D eigenvalue weighted by Crippen LogP contribution is -2.61. The van der Waals surface area contributed by atoms with Gasteiger partial charge in [0.25, 0.3) is 0 Å². The van der Waals surface area contributed by atoms with Gasteiger partial charge in [0.15, 0.2) is 5.60 Å². The second-order valence-electron chi connectivity index (χ2n) is 12.6. The quantitative estimate of drug-likeness (QED) is 0.379. The molecule has 2 aliphatic rings. The lowest BCUT2D eigenvalue weighted by molar-refractivity contribution is -0.260. The van der Waals surface area contributed by atoms with Crippen molar-refractivity contribution in [1.29, 1.82) is 0 Å².